The largest absolute Gasteiger partial charge is 0.328 e. The maximum Gasteiger partial charge on any atom is 0.328 e. The molecule has 0 aliphatic heterocycles. The summed E-state index contributed by atoms with van der Waals surface area (Å²) in [6.07, 6.45) is 12.2. The van der Waals surface area contributed by atoms with Crippen molar-refractivity contribution in [1.29, 1.82) is 0 Å². The second-order valence-corrected chi connectivity index (χ2v) is 9.23. The molecule has 176 valence electrons. The van der Waals surface area contributed by atoms with Crippen molar-refractivity contribution in [2.24, 2.45) is 5.92 Å². The van der Waals surface area contributed by atoms with Gasteiger partial charge in [-0.25, -0.2) is 4.79 Å². The average molecular weight is 458 g/mol. The molecule has 1 N–H and O–H groups in total. The van der Waals surface area contributed by atoms with Crippen molar-refractivity contribution in [3.63, 3.8) is 0 Å². The van der Waals surface area contributed by atoms with Gasteiger partial charge in [-0.05, 0) is 48.1 Å². The molecule has 1 saturated carbocycles. The lowest BCUT2D eigenvalue weighted by molar-refractivity contribution is 0.315. The first-order valence-electron chi connectivity index (χ1n) is 12.3. The van der Waals surface area contributed by atoms with E-state index in [0.717, 1.165) is 47.5 Å². The van der Waals surface area contributed by atoms with Crippen molar-refractivity contribution >= 4 is 0 Å². The molecule has 3 aromatic heterocycles. The van der Waals surface area contributed by atoms with Gasteiger partial charge in [-0.2, -0.15) is 5.21 Å². The van der Waals surface area contributed by atoms with Crippen LogP contribution in [-0.4, -0.2) is 34.7 Å². The van der Waals surface area contributed by atoms with Gasteiger partial charge in [0.1, 0.15) is 0 Å². The van der Waals surface area contributed by atoms with Crippen LogP contribution in [0.1, 0.15) is 56.7 Å². The molecule has 1 aromatic carbocycles. The van der Waals surface area contributed by atoms with Crippen LogP contribution < -0.4 is 5.69 Å². The van der Waals surface area contributed by atoms with E-state index in [0.29, 0.717) is 18.3 Å². The number of nitrogens with zero attached hydrogens (tertiary/aromatic N) is 6. The topological polar surface area (TPSA) is 94.3 Å². The van der Waals surface area contributed by atoms with Crippen LogP contribution in [-0.2, 0) is 19.5 Å². The molecule has 8 nitrogen and oxygen atoms in total. The highest BCUT2D eigenvalue weighted by molar-refractivity contribution is 5.76. The van der Waals surface area contributed by atoms with Gasteiger partial charge in [-0.3, -0.25) is 14.1 Å². The maximum absolute atomic E-state index is 13.3. The van der Waals surface area contributed by atoms with E-state index in [1.807, 2.05) is 33.4 Å². The molecule has 0 radical (unpaired) electrons. The van der Waals surface area contributed by atoms with E-state index in [1.165, 1.54) is 32.1 Å². The highest BCUT2D eigenvalue weighted by Crippen LogP contribution is 2.28. The lowest BCUT2D eigenvalue weighted by Gasteiger charge is -2.21. The van der Waals surface area contributed by atoms with E-state index in [9.17, 15) is 4.79 Å². The van der Waals surface area contributed by atoms with Gasteiger partial charge in [0.05, 0.1) is 12.2 Å². The summed E-state index contributed by atoms with van der Waals surface area (Å²) in [6, 6.07) is 12.0. The highest BCUT2D eigenvalue weighted by Gasteiger charge is 2.18. The van der Waals surface area contributed by atoms with Gasteiger partial charge in [0.2, 0.25) is 5.82 Å². The number of imidazole rings is 1. The molecule has 0 unspecified atom stereocenters. The Hall–Kier alpha value is -3.55. The fourth-order valence-corrected chi connectivity index (χ4v) is 5.03. The Bertz CT molecular complexity index is 1270. The summed E-state index contributed by atoms with van der Waals surface area (Å²) in [4.78, 5) is 17.8. The number of aromatic amines is 1. The number of aromatic nitrogens is 7. The first-order chi connectivity index (χ1) is 16.7. The van der Waals surface area contributed by atoms with Crippen LogP contribution in [0.5, 0.6) is 0 Å². The zero-order valence-corrected chi connectivity index (χ0v) is 19.7. The lowest BCUT2D eigenvalue weighted by atomic mass is 9.89. The number of hydrogen-bond acceptors (Lipinski definition) is 5. The van der Waals surface area contributed by atoms with Crippen LogP contribution in [0.2, 0.25) is 0 Å². The van der Waals surface area contributed by atoms with Crippen molar-refractivity contribution < 1.29 is 0 Å². The maximum atomic E-state index is 13.3. The Kier molecular flexibility index (Phi) is 6.65. The number of pyridine rings is 1. The molecule has 5 rings (SSSR count). The van der Waals surface area contributed by atoms with Crippen molar-refractivity contribution in [3.05, 3.63) is 70.5 Å². The SMILES string of the molecule is CCCc1cn(CC2CCCCC2)c(=O)n1Cc1ccc(-c2ncccc2-c2nn[nH]n2)cc1. The van der Waals surface area contributed by atoms with Crippen LogP contribution in [0.4, 0.5) is 0 Å². The normalized spacial score (nSPS) is 14.5. The predicted octanol–water partition coefficient (Wildman–Crippen LogP) is 4.47. The Morgan fingerprint density at radius 2 is 1.91 bits per heavy atom. The van der Waals surface area contributed by atoms with E-state index in [4.69, 9.17) is 0 Å². The van der Waals surface area contributed by atoms with Crippen LogP contribution >= 0.6 is 0 Å². The number of tetrazole rings is 1. The molecule has 0 amide bonds. The van der Waals surface area contributed by atoms with Crippen LogP contribution in [0.15, 0.2) is 53.6 Å². The van der Waals surface area contributed by atoms with Crippen molar-refractivity contribution in [2.75, 3.05) is 0 Å². The fourth-order valence-electron chi connectivity index (χ4n) is 5.03. The first-order valence-corrected chi connectivity index (χ1v) is 12.3. The molecule has 1 aliphatic rings. The summed E-state index contributed by atoms with van der Waals surface area (Å²) >= 11 is 0. The summed E-state index contributed by atoms with van der Waals surface area (Å²) in [7, 11) is 0. The van der Waals surface area contributed by atoms with Gasteiger partial charge in [-0.15, -0.1) is 10.2 Å². The minimum Gasteiger partial charge on any atom is -0.299 e. The monoisotopic (exact) mass is 457 g/mol. The Morgan fingerprint density at radius 1 is 1.09 bits per heavy atom. The molecular weight excluding hydrogens is 426 g/mol. The third-order valence-corrected chi connectivity index (χ3v) is 6.78. The number of nitrogens with one attached hydrogen (secondary N) is 1. The Labute approximate surface area is 199 Å². The van der Waals surface area contributed by atoms with Crippen molar-refractivity contribution in [1.82, 2.24) is 34.7 Å². The van der Waals surface area contributed by atoms with Gasteiger partial charge >= 0.3 is 5.69 Å². The molecule has 1 aliphatic carbocycles. The van der Waals surface area contributed by atoms with Gasteiger partial charge in [0, 0.05) is 35.8 Å². The lowest BCUT2D eigenvalue weighted by Crippen LogP contribution is -2.28. The van der Waals surface area contributed by atoms with Gasteiger partial charge in [0.25, 0.3) is 0 Å². The zero-order valence-electron chi connectivity index (χ0n) is 19.7. The fraction of sp³-hybridized carbons (Fsp3) is 0.423. The zero-order chi connectivity index (χ0) is 23.3. The molecule has 3 heterocycles. The number of hydrogen-bond donors (Lipinski definition) is 1. The number of rotatable bonds is 8. The Morgan fingerprint density at radius 3 is 2.65 bits per heavy atom. The van der Waals surface area contributed by atoms with E-state index < -0.39 is 0 Å². The minimum absolute atomic E-state index is 0.113. The van der Waals surface area contributed by atoms with E-state index in [-0.39, 0.29) is 5.69 Å². The summed E-state index contributed by atoms with van der Waals surface area (Å²) in [5.41, 5.74) is 4.93. The third kappa shape index (κ3) is 4.71. The molecule has 0 bridgehead atoms. The van der Waals surface area contributed by atoms with E-state index in [2.05, 4.69) is 50.9 Å². The van der Waals surface area contributed by atoms with Crippen molar-refractivity contribution in [2.45, 2.75) is 65.0 Å². The van der Waals surface area contributed by atoms with Crippen molar-refractivity contribution in [3.8, 4) is 22.6 Å². The molecule has 1 fully saturated rings. The third-order valence-electron chi connectivity index (χ3n) is 6.78. The summed E-state index contributed by atoms with van der Waals surface area (Å²) in [6.45, 7) is 3.59. The molecule has 0 saturated heterocycles. The van der Waals surface area contributed by atoms with Gasteiger partial charge < -0.3 is 0 Å². The van der Waals surface area contributed by atoms with Gasteiger partial charge in [0.15, 0.2) is 0 Å². The minimum atomic E-state index is 0.113. The molecular formula is C26H31N7O. The van der Waals surface area contributed by atoms with Crippen LogP contribution in [0.25, 0.3) is 22.6 Å². The summed E-state index contributed by atoms with van der Waals surface area (Å²) < 4.78 is 3.91. The molecule has 0 atom stereocenters. The quantitative estimate of drug-likeness (QED) is 0.421. The first kappa shape index (κ1) is 22.3. The van der Waals surface area contributed by atoms with E-state index in [1.54, 1.807) is 6.20 Å². The van der Waals surface area contributed by atoms with E-state index >= 15 is 0 Å². The van der Waals surface area contributed by atoms with Gasteiger partial charge in [-0.1, -0.05) is 56.9 Å². The predicted molar refractivity (Wildman–Crippen MR) is 131 cm³/mol. The second-order valence-electron chi connectivity index (χ2n) is 9.23. The summed E-state index contributed by atoms with van der Waals surface area (Å²) in [5.74, 6) is 1.14. The number of aryl methyl sites for hydroxylation is 1. The number of H-pyrrole nitrogens is 1. The highest BCUT2D eigenvalue weighted by atomic mass is 16.1. The van der Waals surface area contributed by atoms with Crippen LogP contribution in [0, 0.1) is 5.92 Å². The Balaban J connectivity index is 1.39. The molecule has 4 aromatic rings. The average Bonchev–Trinajstić information content (AvgIpc) is 3.51. The number of benzene rings is 1. The summed E-state index contributed by atoms with van der Waals surface area (Å²) in [5, 5.41) is 14.4. The standard InChI is InChI=1S/C26H31N7O/c1-2-7-22-18-32(16-19-8-4-3-5-9-19)26(34)33(22)17-20-11-13-21(14-12-20)24-23(10-6-15-27-24)25-28-30-31-29-25/h6,10-15,18-19H,2-5,7-9,16-17H2,1H3,(H,28,29,30,31). The van der Waals surface area contributed by atoms with Crippen LogP contribution in [0.3, 0.4) is 0 Å². The molecule has 34 heavy (non-hydrogen) atoms. The molecule has 8 heteroatoms. The smallest absolute Gasteiger partial charge is 0.299 e. The molecule has 0 spiro atoms. The second kappa shape index (κ2) is 10.2.